The van der Waals surface area contributed by atoms with E-state index in [1.165, 1.54) is 31.4 Å². The zero-order chi connectivity index (χ0) is 11.7. The van der Waals surface area contributed by atoms with E-state index in [2.05, 4.69) is 39.6 Å². The summed E-state index contributed by atoms with van der Waals surface area (Å²) in [7, 11) is 0. The van der Waals surface area contributed by atoms with Crippen LogP contribution in [0.5, 0.6) is 0 Å². The molecular formula is C12H18BrClN2. The molecule has 0 bridgehead atoms. The summed E-state index contributed by atoms with van der Waals surface area (Å²) in [5.74, 6) is 0.565. The van der Waals surface area contributed by atoms with Gasteiger partial charge in [-0.1, -0.05) is 34.0 Å². The van der Waals surface area contributed by atoms with E-state index in [1.807, 2.05) is 0 Å². The van der Waals surface area contributed by atoms with Gasteiger partial charge in [0.2, 0.25) is 0 Å². The molecular weight excluding hydrogens is 288 g/mol. The van der Waals surface area contributed by atoms with E-state index >= 15 is 0 Å². The molecule has 2 nitrogen and oxygen atoms in total. The van der Waals surface area contributed by atoms with Gasteiger partial charge in [-0.3, -0.25) is 4.68 Å². The van der Waals surface area contributed by atoms with E-state index < -0.39 is 0 Å². The van der Waals surface area contributed by atoms with Crippen molar-refractivity contribution in [1.82, 2.24) is 9.78 Å². The number of hydrogen-bond acceptors (Lipinski definition) is 1. The lowest BCUT2D eigenvalue weighted by Crippen LogP contribution is -2.18. The third-order valence-electron chi connectivity index (χ3n) is 3.27. The molecule has 0 aliphatic heterocycles. The van der Waals surface area contributed by atoms with Crippen LogP contribution in [0.2, 0.25) is 5.02 Å². The van der Waals surface area contributed by atoms with Crippen molar-refractivity contribution in [3.63, 3.8) is 0 Å². The number of halogens is 2. The Hall–Kier alpha value is -0.0200. The van der Waals surface area contributed by atoms with Crippen molar-refractivity contribution in [3.8, 4) is 0 Å². The van der Waals surface area contributed by atoms with Crippen LogP contribution in [0.4, 0.5) is 0 Å². The van der Waals surface area contributed by atoms with E-state index in [1.54, 1.807) is 6.20 Å². The SMILES string of the molecule is CC(C)n1ncc(Cl)c1C1CCCC(Br)C1. The van der Waals surface area contributed by atoms with Crippen molar-refractivity contribution < 1.29 is 0 Å². The van der Waals surface area contributed by atoms with Crippen molar-refractivity contribution >= 4 is 27.5 Å². The Labute approximate surface area is 110 Å². The van der Waals surface area contributed by atoms with Crippen LogP contribution in [-0.2, 0) is 0 Å². The molecule has 1 aromatic heterocycles. The predicted octanol–water partition coefficient (Wildman–Crippen LogP) is 4.54. The molecule has 90 valence electrons. The summed E-state index contributed by atoms with van der Waals surface area (Å²) >= 11 is 10.00. The fourth-order valence-corrected chi connectivity index (χ4v) is 3.58. The average molecular weight is 306 g/mol. The monoisotopic (exact) mass is 304 g/mol. The molecule has 0 spiro atoms. The summed E-state index contributed by atoms with van der Waals surface area (Å²) in [5.41, 5.74) is 1.24. The van der Waals surface area contributed by atoms with Gasteiger partial charge in [0.25, 0.3) is 0 Å². The number of hydrogen-bond donors (Lipinski definition) is 0. The Morgan fingerprint density at radius 3 is 2.88 bits per heavy atom. The molecule has 0 amide bonds. The fourth-order valence-electron chi connectivity index (χ4n) is 2.52. The summed E-state index contributed by atoms with van der Waals surface area (Å²) < 4.78 is 2.08. The number of alkyl halides is 1. The number of aromatic nitrogens is 2. The molecule has 2 atom stereocenters. The van der Waals surface area contributed by atoms with Crippen LogP contribution in [0.25, 0.3) is 0 Å². The Morgan fingerprint density at radius 2 is 2.25 bits per heavy atom. The second kappa shape index (κ2) is 5.09. The molecule has 4 heteroatoms. The van der Waals surface area contributed by atoms with Gasteiger partial charge in [-0.15, -0.1) is 0 Å². The fraction of sp³-hybridized carbons (Fsp3) is 0.750. The third-order valence-corrected chi connectivity index (χ3v) is 4.40. The Bertz CT molecular complexity index is 362. The van der Waals surface area contributed by atoms with Crippen molar-refractivity contribution in [3.05, 3.63) is 16.9 Å². The maximum atomic E-state index is 6.27. The molecule has 16 heavy (non-hydrogen) atoms. The summed E-state index contributed by atoms with van der Waals surface area (Å²) in [4.78, 5) is 0.637. The second-order valence-electron chi connectivity index (χ2n) is 4.88. The molecule has 1 saturated carbocycles. The quantitative estimate of drug-likeness (QED) is 0.734. The highest BCUT2D eigenvalue weighted by Crippen LogP contribution is 2.39. The third kappa shape index (κ3) is 2.45. The normalized spacial score (nSPS) is 26.3. The van der Waals surface area contributed by atoms with Crippen molar-refractivity contribution in [2.24, 2.45) is 0 Å². The maximum absolute atomic E-state index is 6.27. The minimum atomic E-state index is 0.387. The number of rotatable bonds is 2. The summed E-state index contributed by atoms with van der Waals surface area (Å²) in [6.45, 7) is 4.31. The van der Waals surface area contributed by atoms with Gasteiger partial charge in [-0.2, -0.15) is 5.10 Å². The lowest BCUT2D eigenvalue weighted by atomic mass is 9.86. The van der Waals surface area contributed by atoms with Crippen LogP contribution in [0.1, 0.15) is 57.2 Å². The zero-order valence-electron chi connectivity index (χ0n) is 9.79. The largest absolute Gasteiger partial charge is 0.265 e. The van der Waals surface area contributed by atoms with Crippen LogP contribution in [0.15, 0.2) is 6.20 Å². The number of nitrogens with zero attached hydrogens (tertiary/aromatic N) is 2. The average Bonchev–Trinajstić information content (AvgIpc) is 2.60. The van der Waals surface area contributed by atoms with Gasteiger partial charge >= 0.3 is 0 Å². The molecule has 1 aromatic rings. The van der Waals surface area contributed by atoms with Crippen molar-refractivity contribution in [2.75, 3.05) is 0 Å². The minimum Gasteiger partial charge on any atom is -0.265 e. The van der Waals surface area contributed by atoms with Crippen LogP contribution < -0.4 is 0 Å². The molecule has 0 saturated heterocycles. The second-order valence-corrected chi connectivity index (χ2v) is 6.58. The van der Waals surface area contributed by atoms with E-state index in [-0.39, 0.29) is 0 Å². The molecule has 1 fully saturated rings. The molecule has 2 unspecified atom stereocenters. The first-order valence-electron chi connectivity index (χ1n) is 5.96. The molecule has 2 rings (SSSR count). The Morgan fingerprint density at radius 1 is 1.50 bits per heavy atom. The maximum Gasteiger partial charge on any atom is 0.0820 e. The smallest absolute Gasteiger partial charge is 0.0820 e. The molecule has 0 N–H and O–H groups in total. The lowest BCUT2D eigenvalue weighted by Gasteiger charge is -2.27. The van der Waals surface area contributed by atoms with Crippen LogP contribution in [-0.4, -0.2) is 14.6 Å². The van der Waals surface area contributed by atoms with Gasteiger partial charge < -0.3 is 0 Å². The van der Waals surface area contributed by atoms with E-state index in [0.717, 1.165) is 5.02 Å². The Kier molecular flexibility index (Phi) is 3.96. The Balaban J connectivity index is 2.27. The standard InChI is InChI=1S/C12H18BrClN2/c1-8(2)16-12(11(14)7-15-16)9-4-3-5-10(13)6-9/h7-10H,3-6H2,1-2H3. The first-order chi connectivity index (χ1) is 7.59. The molecule has 1 heterocycles. The first-order valence-corrected chi connectivity index (χ1v) is 7.26. The molecule has 0 aromatic carbocycles. The van der Waals surface area contributed by atoms with Gasteiger partial charge in [0, 0.05) is 16.8 Å². The van der Waals surface area contributed by atoms with Gasteiger partial charge in [-0.25, -0.2) is 0 Å². The minimum absolute atomic E-state index is 0.387. The van der Waals surface area contributed by atoms with E-state index in [9.17, 15) is 0 Å². The van der Waals surface area contributed by atoms with E-state index in [4.69, 9.17) is 11.6 Å². The van der Waals surface area contributed by atoms with Gasteiger partial charge in [0.15, 0.2) is 0 Å². The van der Waals surface area contributed by atoms with Crippen LogP contribution in [0.3, 0.4) is 0 Å². The highest BCUT2D eigenvalue weighted by molar-refractivity contribution is 9.09. The lowest BCUT2D eigenvalue weighted by molar-refractivity contribution is 0.410. The summed E-state index contributed by atoms with van der Waals surface area (Å²) in [5, 5.41) is 5.22. The van der Waals surface area contributed by atoms with Crippen molar-refractivity contribution in [1.29, 1.82) is 0 Å². The highest BCUT2D eigenvalue weighted by atomic mass is 79.9. The molecule has 1 aliphatic carbocycles. The topological polar surface area (TPSA) is 17.8 Å². The van der Waals surface area contributed by atoms with Crippen LogP contribution in [0, 0.1) is 0 Å². The highest BCUT2D eigenvalue weighted by Gasteiger charge is 2.27. The van der Waals surface area contributed by atoms with E-state index in [0.29, 0.717) is 16.8 Å². The van der Waals surface area contributed by atoms with Crippen molar-refractivity contribution in [2.45, 2.75) is 56.3 Å². The first kappa shape index (κ1) is 12.4. The predicted molar refractivity (Wildman–Crippen MR) is 71.5 cm³/mol. The van der Waals surface area contributed by atoms with Gasteiger partial charge in [-0.05, 0) is 33.1 Å². The molecule has 1 aliphatic rings. The zero-order valence-corrected chi connectivity index (χ0v) is 12.1. The summed E-state index contributed by atoms with van der Waals surface area (Å²) in [6, 6.07) is 0.387. The van der Waals surface area contributed by atoms with Gasteiger partial charge in [0.05, 0.1) is 16.9 Å². The summed E-state index contributed by atoms with van der Waals surface area (Å²) in [6.07, 6.45) is 6.76. The molecule has 0 radical (unpaired) electrons. The van der Waals surface area contributed by atoms with Crippen LogP contribution >= 0.6 is 27.5 Å². The van der Waals surface area contributed by atoms with Gasteiger partial charge in [0.1, 0.15) is 0 Å².